The molecule has 0 N–H and O–H groups in total. The average Bonchev–Trinajstić information content (AvgIpc) is 2.38. The van der Waals surface area contributed by atoms with Crippen molar-refractivity contribution in [1.82, 2.24) is 9.97 Å². The number of benzene rings is 2. The first-order valence-electron chi connectivity index (χ1n) is 6.25. The van der Waals surface area contributed by atoms with Gasteiger partial charge in [-0.2, -0.15) is 0 Å². The Hall–Kier alpha value is -1.64. The third kappa shape index (κ3) is 2.26. The van der Waals surface area contributed by atoms with Crippen molar-refractivity contribution in [2.75, 3.05) is 0 Å². The summed E-state index contributed by atoms with van der Waals surface area (Å²) in [4.78, 5) is 9.04. The summed E-state index contributed by atoms with van der Waals surface area (Å²) < 4.78 is 0. The first-order chi connectivity index (χ1) is 9.56. The van der Waals surface area contributed by atoms with E-state index in [1.807, 2.05) is 44.2 Å². The summed E-state index contributed by atoms with van der Waals surface area (Å²) in [6.07, 6.45) is 0. The number of aryl methyl sites for hydroxylation is 2. The second-order valence-corrected chi connectivity index (χ2v) is 5.56. The second-order valence-electron chi connectivity index (χ2n) is 4.77. The van der Waals surface area contributed by atoms with E-state index in [2.05, 4.69) is 9.97 Å². The molecule has 2 aromatic carbocycles. The van der Waals surface area contributed by atoms with Crippen LogP contribution in [0.2, 0.25) is 10.2 Å². The quantitative estimate of drug-likeness (QED) is 0.576. The van der Waals surface area contributed by atoms with Crippen LogP contribution in [0.4, 0.5) is 0 Å². The number of hydrogen-bond donors (Lipinski definition) is 0. The molecule has 4 heteroatoms. The van der Waals surface area contributed by atoms with Gasteiger partial charge in [-0.25, -0.2) is 9.97 Å². The van der Waals surface area contributed by atoms with Crippen LogP contribution in [0.25, 0.3) is 22.3 Å². The van der Waals surface area contributed by atoms with Crippen molar-refractivity contribution in [3.8, 4) is 11.4 Å². The molecular weight excluding hydrogens is 291 g/mol. The molecule has 1 heterocycles. The lowest BCUT2D eigenvalue weighted by atomic mass is 10.0. The van der Waals surface area contributed by atoms with Crippen LogP contribution >= 0.6 is 23.2 Å². The minimum Gasteiger partial charge on any atom is -0.228 e. The highest BCUT2D eigenvalue weighted by Gasteiger charge is 2.12. The Morgan fingerprint density at radius 1 is 0.900 bits per heavy atom. The third-order valence-corrected chi connectivity index (χ3v) is 3.84. The Labute approximate surface area is 127 Å². The Morgan fingerprint density at radius 3 is 2.30 bits per heavy atom. The molecule has 20 heavy (non-hydrogen) atoms. The van der Waals surface area contributed by atoms with E-state index in [0.717, 1.165) is 27.6 Å². The topological polar surface area (TPSA) is 25.8 Å². The van der Waals surface area contributed by atoms with E-state index in [1.54, 1.807) is 6.07 Å². The van der Waals surface area contributed by atoms with Crippen molar-refractivity contribution in [2.45, 2.75) is 13.8 Å². The number of aromatic nitrogens is 2. The SMILES string of the molecule is Cc1cccc(C)c1-c1nc(Cl)c2ccc(Cl)cc2n1. The zero-order chi connectivity index (χ0) is 14.3. The molecular formula is C16H12Cl2N2. The van der Waals surface area contributed by atoms with Gasteiger partial charge in [-0.1, -0.05) is 41.4 Å². The summed E-state index contributed by atoms with van der Waals surface area (Å²) in [5.74, 6) is 0.639. The van der Waals surface area contributed by atoms with Crippen LogP contribution in [0.1, 0.15) is 11.1 Å². The molecule has 0 aliphatic carbocycles. The molecule has 0 fully saturated rings. The van der Waals surface area contributed by atoms with E-state index in [4.69, 9.17) is 23.2 Å². The molecule has 0 aliphatic rings. The maximum absolute atomic E-state index is 6.27. The summed E-state index contributed by atoms with van der Waals surface area (Å²) in [5, 5.41) is 1.90. The van der Waals surface area contributed by atoms with E-state index < -0.39 is 0 Å². The lowest BCUT2D eigenvalue weighted by Crippen LogP contribution is -1.96. The number of hydrogen-bond acceptors (Lipinski definition) is 2. The number of nitrogens with zero attached hydrogens (tertiary/aromatic N) is 2. The standard InChI is InChI=1S/C16H12Cl2N2/c1-9-4-3-5-10(2)14(9)16-19-13-8-11(17)6-7-12(13)15(18)20-16/h3-8H,1-2H3. The Balaban J connectivity index is 2.32. The Kier molecular flexibility index (Phi) is 3.36. The van der Waals surface area contributed by atoms with Gasteiger partial charge in [0.05, 0.1) is 5.52 Å². The molecule has 3 rings (SSSR count). The molecule has 0 amide bonds. The molecule has 0 aliphatic heterocycles. The van der Waals surface area contributed by atoms with Gasteiger partial charge in [0.2, 0.25) is 0 Å². The zero-order valence-corrected chi connectivity index (χ0v) is 12.6. The van der Waals surface area contributed by atoms with Crippen LogP contribution in [0.15, 0.2) is 36.4 Å². The molecule has 0 atom stereocenters. The smallest absolute Gasteiger partial charge is 0.162 e. The van der Waals surface area contributed by atoms with Crippen LogP contribution in [-0.4, -0.2) is 9.97 Å². The fourth-order valence-electron chi connectivity index (χ4n) is 2.34. The highest BCUT2D eigenvalue weighted by Crippen LogP contribution is 2.29. The monoisotopic (exact) mass is 302 g/mol. The molecule has 0 bridgehead atoms. The molecule has 0 radical (unpaired) electrons. The van der Waals surface area contributed by atoms with Crippen molar-refractivity contribution >= 4 is 34.1 Å². The van der Waals surface area contributed by atoms with Crippen molar-refractivity contribution in [1.29, 1.82) is 0 Å². The third-order valence-electron chi connectivity index (χ3n) is 3.32. The average molecular weight is 303 g/mol. The lowest BCUT2D eigenvalue weighted by Gasteiger charge is -2.10. The van der Waals surface area contributed by atoms with E-state index in [0.29, 0.717) is 16.0 Å². The molecule has 0 spiro atoms. The van der Waals surface area contributed by atoms with Gasteiger partial charge in [-0.15, -0.1) is 0 Å². The van der Waals surface area contributed by atoms with Gasteiger partial charge < -0.3 is 0 Å². The largest absolute Gasteiger partial charge is 0.228 e. The molecule has 0 unspecified atom stereocenters. The van der Waals surface area contributed by atoms with Gasteiger partial charge in [-0.05, 0) is 43.2 Å². The van der Waals surface area contributed by atoms with Crippen LogP contribution in [-0.2, 0) is 0 Å². The first kappa shape index (κ1) is 13.3. The van der Waals surface area contributed by atoms with Crippen molar-refractivity contribution in [2.24, 2.45) is 0 Å². The van der Waals surface area contributed by atoms with Gasteiger partial charge in [0.1, 0.15) is 5.15 Å². The fraction of sp³-hybridized carbons (Fsp3) is 0.125. The predicted octanol–water partition coefficient (Wildman–Crippen LogP) is 5.22. The maximum atomic E-state index is 6.27. The minimum absolute atomic E-state index is 0.448. The van der Waals surface area contributed by atoms with Gasteiger partial charge >= 0.3 is 0 Å². The molecule has 3 aromatic rings. The minimum atomic E-state index is 0.448. The Bertz CT molecular complexity index is 793. The van der Waals surface area contributed by atoms with Gasteiger partial charge in [0.25, 0.3) is 0 Å². The van der Waals surface area contributed by atoms with Crippen molar-refractivity contribution in [3.05, 3.63) is 57.7 Å². The van der Waals surface area contributed by atoms with Gasteiger partial charge in [-0.3, -0.25) is 0 Å². The predicted molar refractivity (Wildman–Crippen MR) is 84.5 cm³/mol. The van der Waals surface area contributed by atoms with Crippen molar-refractivity contribution in [3.63, 3.8) is 0 Å². The molecule has 0 saturated heterocycles. The normalized spacial score (nSPS) is 11.0. The highest BCUT2D eigenvalue weighted by atomic mass is 35.5. The van der Waals surface area contributed by atoms with E-state index in [9.17, 15) is 0 Å². The number of rotatable bonds is 1. The fourth-order valence-corrected chi connectivity index (χ4v) is 2.75. The second kappa shape index (κ2) is 5.04. The first-order valence-corrected chi connectivity index (χ1v) is 7.01. The van der Waals surface area contributed by atoms with E-state index >= 15 is 0 Å². The summed E-state index contributed by atoms with van der Waals surface area (Å²) in [6, 6.07) is 11.5. The van der Waals surface area contributed by atoms with Crippen LogP contribution in [0.3, 0.4) is 0 Å². The van der Waals surface area contributed by atoms with Gasteiger partial charge in [0.15, 0.2) is 5.82 Å². The summed E-state index contributed by atoms with van der Waals surface area (Å²) in [6.45, 7) is 4.09. The van der Waals surface area contributed by atoms with Crippen LogP contribution < -0.4 is 0 Å². The Morgan fingerprint density at radius 2 is 1.60 bits per heavy atom. The van der Waals surface area contributed by atoms with Gasteiger partial charge in [0, 0.05) is 16.0 Å². The number of halogens is 2. The maximum Gasteiger partial charge on any atom is 0.162 e. The number of fused-ring (bicyclic) bond motifs is 1. The molecule has 2 nitrogen and oxygen atoms in total. The molecule has 100 valence electrons. The van der Waals surface area contributed by atoms with Crippen molar-refractivity contribution < 1.29 is 0 Å². The highest BCUT2D eigenvalue weighted by molar-refractivity contribution is 6.35. The summed E-state index contributed by atoms with van der Waals surface area (Å²) >= 11 is 12.3. The molecule has 0 saturated carbocycles. The van der Waals surface area contributed by atoms with E-state index in [1.165, 1.54) is 0 Å². The summed E-state index contributed by atoms with van der Waals surface area (Å²) in [5.41, 5.74) is 4.04. The zero-order valence-electron chi connectivity index (χ0n) is 11.1. The lowest BCUT2D eigenvalue weighted by molar-refractivity contribution is 1.20. The van der Waals surface area contributed by atoms with Crippen LogP contribution in [0.5, 0.6) is 0 Å². The van der Waals surface area contributed by atoms with Crippen LogP contribution in [0, 0.1) is 13.8 Å². The summed E-state index contributed by atoms with van der Waals surface area (Å²) in [7, 11) is 0. The molecule has 1 aromatic heterocycles. The van der Waals surface area contributed by atoms with E-state index in [-0.39, 0.29) is 0 Å².